The Labute approximate surface area is 491 Å². The molecule has 7 fully saturated rings. The molecular weight excluding hydrogens is 1090 g/mol. The number of piperazine rings is 1. The summed E-state index contributed by atoms with van der Waals surface area (Å²) < 4.78 is 54.5. The van der Waals surface area contributed by atoms with Gasteiger partial charge in [-0.15, -0.1) is 6.42 Å². The van der Waals surface area contributed by atoms with Gasteiger partial charge < -0.3 is 28.9 Å². The molecule has 3 unspecified atom stereocenters. The second-order valence-corrected chi connectivity index (χ2v) is 25.6. The molecule has 7 saturated heterocycles. The van der Waals surface area contributed by atoms with Gasteiger partial charge in [-0.1, -0.05) is 42.3 Å². The number of carbonyl (C=O) groups is 4. The Balaban J connectivity index is 0.650. The topological polar surface area (TPSA) is 190 Å². The highest BCUT2D eigenvalue weighted by molar-refractivity contribution is 6.02. The summed E-state index contributed by atoms with van der Waals surface area (Å²) in [7, 11) is 1.76. The first-order valence-electron chi connectivity index (χ1n) is 30.3. The number of carbonyl (C=O) groups excluding carboxylic acids is 4. The number of amides is 4. The van der Waals surface area contributed by atoms with Crippen LogP contribution in [0.3, 0.4) is 0 Å². The lowest BCUT2D eigenvalue weighted by molar-refractivity contribution is -0.135. The molecule has 0 aliphatic carbocycles. The number of hydrogen-bond donors (Lipinski definition) is 1. The van der Waals surface area contributed by atoms with Gasteiger partial charge in [0.05, 0.1) is 39.6 Å². The second kappa shape index (κ2) is 22.3. The third-order valence-corrected chi connectivity index (χ3v) is 19.4. The molecule has 13 rings (SSSR count). The summed E-state index contributed by atoms with van der Waals surface area (Å²) in [6.07, 6.45) is 15.8. The molecule has 0 spiro atoms. The summed E-state index contributed by atoms with van der Waals surface area (Å²) in [5.41, 5.74) is 1.69. The van der Waals surface area contributed by atoms with E-state index in [0.717, 1.165) is 107 Å². The number of halogens is 2. The molecule has 1 N–H and O–H groups in total. The summed E-state index contributed by atoms with van der Waals surface area (Å²) in [5, 5.41) is 3.78. The monoisotopic (exact) mass is 1160 g/mol. The number of likely N-dealkylation sites (tertiary alicyclic amines) is 2. The van der Waals surface area contributed by atoms with Gasteiger partial charge in [0.15, 0.2) is 5.82 Å². The second-order valence-electron chi connectivity index (χ2n) is 25.6. The van der Waals surface area contributed by atoms with Crippen LogP contribution in [0, 0.1) is 29.9 Å². The van der Waals surface area contributed by atoms with Crippen molar-refractivity contribution >= 4 is 62.5 Å². The average Bonchev–Trinajstić information content (AvgIpc) is 3.40. The lowest BCUT2D eigenvalue weighted by Gasteiger charge is -2.42. The maximum absolute atomic E-state index is 17.5. The van der Waals surface area contributed by atoms with Gasteiger partial charge in [-0.2, -0.15) is 9.97 Å². The van der Waals surface area contributed by atoms with Crippen LogP contribution < -0.4 is 20.6 Å². The standard InChI is InChI=1S/C64H73F2N11O8/c1-6-44-48(65)17-14-40-10-7-12-46(52(40)44)54-53(66)55-47(32-67-54)57(74-34-41-15-16-42(35-74)76(41)62(82)85-63(2,3)4)70-59(69-55)84-37-64-25-9-27-75(64)43(20-26-64)36-83-61(81)73-30-21-38(22-31-73)33-72-28-23-39(24-29-72)45-11-8-13-49-56(45)71(5)60(80)77(49)50-18-19-51(78)68-58(50)79/h1,7-8,10-14,17,32,38-39,41-43,50H,9,15-16,18-31,33-37H2,2-5H3,(H,68,78,79)/t41?,42?,43-,50?,64-/m0/s1. The van der Waals surface area contributed by atoms with E-state index in [9.17, 15) is 24.0 Å². The number of terminal acetylenes is 1. The third kappa shape index (κ3) is 10.4. The molecule has 7 aliphatic heterocycles. The predicted octanol–water partition coefficient (Wildman–Crippen LogP) is 8.43. The van der Waals surface area contributed by atoms with Crippen molar-refractivity contribution in [2.45, 2.75) is 139 Å². The van der Waals surface area contributed by atoms with Crippen molar-refractivity contribution in [1.29, 1.82) is 0 Å². The van der Waals surface area contributed by atoms with Crippen molar-refractivity contribution in [3.05, 3.63) is 88.0 Å². The maximum atomic E-state index is 17.5. The Morgan fingerprint density at radius 2 is 1.64 bits per heavy atom. The van der Waals surface area contributed by atoms with Gasteiger partial charge in [-0.05, 0) is 146 Å². The SMILES string of the molecule is C#Cc1c(F)ccc2cccc(-c3ncc4c(N5CC6CCC(C5)N6C(=O)OC(C)(C)C)nc(OC[C@@]56CCCN5[C@H](COC(=O)N5CCC(CN7CCC(c8cccc9c8n(C)c(=O)n9C8CCC(=O)NC8=O)CC7)CC5)CC6)nc4c3F)c12. The van der Waals surface area contributed by atoms with E-state index < -0.39 is 29.2 Å². The number of rotatable bonds is 11. The summed E-state index contributed by atoms with van der Waals surface area (Å²) >= 11 is 0. The fourth-order valence-electron chi connectivity index (χ4n) is 15.3. The van der Waals surface area contributed by atoms with Crippen molar-refractivity contribution in [2.24, 2.45) is 13.0 Å². The zero-order chi connectivity index (χ0) is 59.1. The number of imide groups is 1. The number of aromatic nitrogens is 5. The minimum absolute atomic E-state index is 0.00108. The maximum Gasteiger partial charge on any atom is 0.410 e. The van der Waals surface area contributed by atoms with E-state index in [2.05, 4.69) is 37.0 Å². The van der Waals surface area contributed by atoms with Crippen molar-refractivity contribution in [3.8, 4) is 29.6 Å². The Hall–Kier alpha value is -7.70. The van der Waals surface area contributed by atoms with Crippen LogP contribution in [-0.2, 0) is 26.1 Å². The Bertz CT molecular complexity index is 3750. The van der Waals surface area contributed by atoms with Crippen molar-refractivity contribution in [1.82, 2.24) is 49.0 Å². The quantitative estimate of drug-likeness (QED) is 0.0961. The number of para-hydroxylation sites is 1. The van der Waals surface area contributed by atoms with E-state index in [4.69, 9.17) is 30.6 Å². The highest BCUT2D eigenvalue weighted by Gasteiger charge is 2.51. The number of imidazole rings is 1. The van der Waals surface area contributed by atoms with Gasteiger partial charge in [0.2, 0.25) is 11.8 Å². The predicted molar refractivity (Wildman–Crippen MR) is 315 cm³/mol. The molecule has 5 atom stereocenters. The lowest BCUT2D eigenvalue weighted by Crippen LogP contribution is -2.57. The van der Waals surface area contributed by atoms with E-state index in [0.29, 0.717) is 66.1 Å². The van der Waals surface area contributed by atoms with Crippen molar-refractivity contribution < 1.29 is 42.2 Å². The van der Waals surface area contributed by atoms with Crippen LogP contribution in [0.1, 0.15) is 121 Å². The summed E-state index contributed by atoms with van der Waals surface area (Å²) in [6.45, 7) is 11.8. The van der Waals surface area contributed by atoms with E-state index >= 15 is 8.78 Å². The van der Waals surface area contributed by atoms with Gasteiger partial charge in [-0.25, -0.2) is 23.2 Å². The number of hydrogen-bond acceptors (Lipinski definition) is 14. The molecule has 19 nitrogen and oxygen atoms in total. The number of fused-ring (bicyclic) bond motifs is 6. The minimum atomic E-state index is -0.727. The van der Waals surface area contributed by atoms with Gasteiger partial charge in [0.1, 0.15) is 47.7 Å². The van der Waals surface area contributed by atoms with Crippen LogP contribution in [0.4, 0.5) is 24.2 Å². The molecule has 7 aliphatic rings. The fourth-order valence-corrected chi connectivity index (χ4v) is 15.3. The van der Waals surface area contributed by atoms with E-state index in [-0.39, 0.29) is 95.8 Å². The molecule has 21 heteroatoms. The van der Waals surface area contributed by atoms with Gasteiger partial charge in [-0.3, -0.25) is 38.8 Å². The van der Waals surface area contributed by atoms with Crippen molar-refractivity contribution in [3.63, 3.8) is 0 Å². The van der Waals surface area contributed by atoms with Crippen LogP contribution in [0.5, 0.6) is 6.01 Å². The largest absolute Gasteiger partial charge is 0.461 e. The average molecular weight is 1160 g/mol. The number of benzene rings is 3. The Morgan fingerprint density at radius 1 is 0.871 bits per heavy atom. The van der Waals surface area contributed by atoms with Crippen LogP contribution >= 0.6 is 0 Å². The number of nitrogens with one attached hydrogen (secondary N) is 1. The number of pyridine rings is 1. The molecule has 6 aromatic rings. The smallest absolute Gasteiger partial charge is 0.410 e. The first kappa shape index (κ1) is 56.4. The highest BCUT2D eigenvalue weighted by Crippen LogP contribution is 2.45. The van der Waals surface area contributed by atoms with E-state index in [1.807, 2.05) is 42.7 Å². The summed E-state index contributed by atoms with van der Waals surface area (Å²) in [4.78, 5) is 90.7. The molecule has 2 bridgehead atoms. The number of anilines is 1. The lowest BCUT2D eigenvalue weighted by atomic mass is 9.87. The Morgan fingerprint density at radius 3 is 2.38 bits per heavy atom. The zero-order valence-corrected chi connectivity index (χ0v) is 48.8. The van der Waals surface area contributed by atoms with Crippen LogP contribution in [0.25, 0.3) is 44.0 Å². The fraction of sp³-hybridized carbons (Fsp3) is 0.531. The first-order valence-corrected chi connectivity index (χ1v) is 30.3. The minimum Gasteiger partial charge on any atom is -0.461 e. The molecule has 0 saturated carbocycles. The molecule has 3 aromatic heterocycles. The number of piperidine rings is 3. The van der Waals surface area contributed by atoms with Crippen LogP contribution in [0.15, 0.2) is 59.5 Å². The Kier molecular flexibility index (Phi) is 14.8. The molecule has 446 valence electrons. The van der Waals surface area contributed by atoms with Crippen LogP contribution in [-0.4, -0.2) is 163 Å². The zero-order valence-electron chi connectivity index (χ0n) is 48.8. The molecule has 10 heterocycles. The van der Waals surface area contributed by atoms with Gasteiger partial charge >= 0.3 is 23.9 Å². The third-order valence-electron chi connectivity index (χ3n) is 19.4. The molecule has 85 heavy (non-hydrogen) atoms. The van der Waals surface area contributed by atoms with Crippen molar-refractivity contribution in [2.75, 3.05) is 70.5 Å². The number of aryl methyl sites for hydroxylation is 1. The molecule has 4 amide bonds. The number of ether oxygens (including phenoxy) is 3. The first-order chi connectivity index (χ1) is 41.0. The summed E-state index contributed by atoms with van der Waals surface area (Å²) in [6, 6.07) is 13.0. The van der Waals surface area contributed by atoms with E-state index in [1.54, 1.807) is 46.6 Å². The molecule has 3 aromatic carbocycles. The molecular formula is C64H73F2N11O8. The number of nitrogens with zero attached hydrogens (tertiary/aromatic N) is 10. The highest BCUT2D eigenvalue weighted by atomic mass is 19.1. The normalized spacial score (nSPS) is 24.4. The molecule has 0 radical (unpaired) electrons. The summed E-state index contributed by atoms with van der Waals surface area (Å²) in [5.74, 6) is 1.54. The van der Waals surface area contributed by atoms with E-state index in [1.165, 1.54) is 6.07 Å². The van der Waals surface area contributed by atoms with Crippen LogP contribution in [0.2, 0.25) is 0 Å². The van der Waals surface area contributed by atoms with Gasteiger partial charge in [0.25, 0.3) is 0 Å². The van der Waals surface area contributed by atoms with Gasteiger partial charge in [0, 0.05) is 69.4 Å².